The van der Waals surface area contributed by atoms with E-state index in [-0.39, 0.29) is 23.8 Å². The van der Waals surface area contributed by atoms with Gasteiger partial charge in [0.1, 0.15) is 29.8 Å². The van der Waals surface area contributed by atoms with Crippen molar-refractivity contribution in [3.63, 3.8) is 0 Å². The summed E-state index contributed by atoms with van der Waals surface area (Å²) in [6.07, 6.45) is 6.70. The summed E-state index contributed by atoms with van der Waals surface area (Å²) < 4.78 is 7.22. The van der Waals surface area contributed by atoms with Crippen LogP contribution in [-0.2, 0) is 14.3 Å². The number of fused-ring (bicyclic) bond motifs is 2. The van der Waals surface area contributed by atoms with Crippen molar-refractivity contribution in [2.24, 2.45) is 5.92 Å². The first kappa shape index (κ1) is 41.6. The number of methoxy groups -OCH3 is 1. The van der Waals surface area contributed by atoms with Crippen LogP contribution in [0.3, 0.4) is 0 Å². The van der Waals surface area contributed by atoms with Gasteiger partial charge in [-0.3, -0.25) is 9.59 Å². The van der Waals surface area contributed by atoms with E-state index in [0.29, 0.717) is 24.5 Å². The molecular formula is C47H47N9O5S2. The molecule has 0 bridgehead atoms. The standard InChI is InChI=1S/C47H47N9O5S2/c1-26(2)38(54-47(60)61-4)44(57)56-21-9-13-37(56)43-50-33-19-18-30(22-34(33)51-43)32-25-63-40-31(24-62-41(32)40)27-14-16-28(17-15-27)35-23-49-42(52-35)36-12-8-20-55(36)45(58)39(53-46(59)48-3)29-10-6-5-7-11-29/h5-8,10-12,14-19,22-26,36-39H,9,13,20-21H2,1-4H3,(H,49,52)(H,50,51)(H,54,60)(H2,48,53,59)/t36?,37?,38?,39-/m1/s1. The number of H-pyrrole nitrogens is 2. The molecule has 322 valence electrons. The Labute approximate surface area is 371 Å². The Balaban J connectivity index is 0.906. The van der Waals surface area contributed by atoms with Crippen molar-refractivity contribution in [3.8, 4) is 33.5 Å². The minimum Gasteiger partial charge on any atom is -0.453 e. The van der Waals surface area contributed by atoms with E-state index < -0.39 is 30.2 Å². The van der Waals surface area contributed by atoms with Gasteiger partial charge in [-0.1, -0.05) is 86.7 Å². The van der Waals surface area contributed by atoms with Crippen molar-refractivity contribution in [1.29, 1.82) is 0 Å². The lowest BCUT2D eigenvalue weighted by Gasteiger charge is -2.29. The SMILES string of the molecule is CNC(=O)N[C@@H](C(=O)N1CC=CC1c1ncc(-c2ccc(-c3csc4c(-c5ccc6nc(C7CCCN7C(=O)C(NC(=O)OC)C(C)C)[nH]c6c5)csc34)cc2)[nH]1)c1ccccc1. The van der Waals surface area contributed by atoms with E-state index in [1.165, 1.54) is 29.1 Å². The summed E-state index contributed by atoms with van der Waals surface area (Å²) >= 11 is 3.45. The second kappa shape index (κ2) is 17.5. The van der Waals surface area contributed by atoms with Crippen LogP contribution in [0.2, 0.25) is 0 Å². The van der Waals surface area contributed by atoms with Crippen LogP contribution >= 0.6 is 22.7 Å². The summed E-state index contributed by atoms with van der Waals surface area (Å²) in [6, 6.07) is 21.3. The number of amides is 5. The average Bonchev–Trinajstić information content (AvgIpc) is 4.17. The number of thiophene rings is 2. The van der Waals surface area contributed by atoms with E-state index in [9.17, 15) is 19.2 Å². The predicted octanol–water partition coefficient (Wildman–Crippen LogP) is 8.72. The number of aromatic amines is 2. The third-order valence-corrected chi connectivity index (χ3v) is 14.0. The van der Waals surface area contributed by atoms with Crippen LogP contribution < -0.4 is 16.0 Å². The minimum absolute atomic E-state index is 0.110. The molecule has 0 aliphatic carbocycles. The summed E-state index contributed by atoms with van der Waals surface area (Å²) in [5.74, 6) is 0.906. The highest BCUT2D eigenvalue weighted by atomic mass is 32.1. The monoisotopic (exact) mass is 881 g/mol. The Morgan fingerprint density at radius 1 is 0.841 bits per heavy atom. The van der Waals surface area contributed by atoms with Crippen LogP contribution in [-0.4, -0.2) is 87.0 Å². The number of urea groups is 1. The van der Waals surface area contributed by atoms with Gasteiger partial charge in [0.25, 0.3) is 5.91 Å². The Morgan fingerprint density at radius 3 is 2.27 bits per heavy atom. The maximum Gasteiger partial charge on any atom is 0.407 e. The fraction of sp³-hybridized carbons (Fsp3) is 0.277. The number of nitrogens with zero attached hydrogens (tertiary/aromatic N) is 4. The van der Waals surface area contributed by atoms with Gasteiger partial charge in [0.2, 0.25) is 5.91 Å². The van der Waals surface area contributed by atoms with Crippen molar-refractivity contribution in [2.75, 3.05) is 27.2 Å². The number of rotatable bonds is 11. The topological polar surface area (TPSA) is 177 Å². The number of hydrogen-bond donors (Lipinski definition) is 5. The van der Waals surface area contributed by atoms with Crippen molar-refractivity contribution in [3.05, 3.63) is 119 Å². The van der Waals surface area contributed by atoms with Crippen LogP contribution in [0, 0.1) is 5.92 Å². The zero-order valence-corrected chi connectivity index (χ0v) is 36.8. The van der Waals surface area contributed by atoms with E-state index in [1.807, 2.05) is 67.3 Å². The highest BCUT2D eigenvalue weighted by Gasteiger charge is 2.38. The Morgan fingerprint density at radius 2 is 1.56 bits per heavy atom. The molecule has 63 heavy (non-hydrogen) atoms. The van der Waals surface area contributed by atoms with E-state index in [4.69, 9.17) is 14.7 Å². The Kier molecular flexibility index (Phi) is 11.6. The zero-order valence-electron chi connectivity index (χ0n) is 35.2. The fourth-order valence-electron chi connectivity index (χ4n) is 8.52. The number of imidazole rings is 2. The second-order valence-electron chi connectivity index (χ2n) is 16.0. The highest BCUT2D eigenvalue weighted by molar-refractivity contribution is 7.27. The van der Waals surface area contributed by atoms with E-state index in [0.717, 1.165) is 57.6 Å². The summed E-state index contributed by atoms with van der Waals surface area (Å²) in [6.45, 7) is 4.81. The van der Waals surface area contributed by atoms with Crippen molar-refractivity contribution >= 4 is 67.0 Å². The van der Waals surface area contributed by atoms with Gasteiger partial charge in [-0.15, -0.1) is 22.7 Å². The van der Waals surface area contributed by atoms with Crippen molar-refractivity contribution in [1.82, 2.24) is 45.7 Å². The van der Waals surface area contributed by atoms with Crippen LogP contribution in [0.25, 0.3) is 53.9 Å². The van der Waals surface area contributed by atoms with Gasteiger partial charge in [-0.2, -0.15) is 0 Å². The molecule has 1 saturated heterocycles. The quantitative estimate of drug-likeness (QED) is 0.0807. The molecule has 4 atom stereocenters. The predicted molar refractivity (Wildman–Crippen MR) is 246 cm³/mol. The molecule has 14 nitrogen and oxygen atoms in total. The molecule has 5 amide bonds. The van der Waals surface area contributed by atoms with Crippen molar-refractivity contribution < 1.29 is 23.9 Å². The zero-order chi connectivity index (χ0) is 43.8. The second-order valence-corrected chi connectivity index (χ2v) is 17.8. The van der Waals surface area contributed by atoms with E-state index >= 15 is 0 Å². The molecule has 7 aromatic rings. The summed E-state index contributed by atoms with van der Waals surface area (Å²) in [5, 5.41) is 12.5. The molecule has 2 aliphatic rings. The number of carbonyl (C=O) groups is 4. The number of aromatic nitrogens is 4. The molecule has 1 fully saturated rings. The lowest BCUT2D eigenvalue weighted by atomic mass is 10.0. The third kappa shape index (κ3) is 8.07. The van der Waals surface area contributed by atoms with E-state index in [2.05, 4.69) is 73.1 Å². The molecule has 4 aromatic heterocycles. The maximum atomic E-state index is 13.9. The van der Waals surface area contributed by atoms with Gasteiger partial charge >= 0.3 is 12.1 Å². The number of ether oxygens (including phenoxy) is 1. The molecule has 3 unspecified atom stereocenters. The first-order valence-corrected chi connectivity index (χ1v) is 22.7. The van der Waals surface area contributed by atoms with Gasteiger partial charge in [0.05, 0.1) is 45.5 Å². The first-order chi connectivity index (χ1) is 30.6. The van der Waals surface area contributed by atoms with Crippen LogP contribution in [0.5, 0.6) is 0 Å². The Hall–Kier alpha value is -6.78. The maximum absolute atomic E-state index is 13.9. The number of alkyl carbamates (subject to hydrolysis) is 1. The average molecular weight is 882 g/mol. The van der Waals surface area contributed by atoms with Gasteiger partial charge in [0.15, 0.2) is 0 Å². The number of benzene rings is 3. The molecule has 5 N–H and O–H groups in total. The third-order valence-electron chi connectivity index (χ3n) is 11.8. The first-order valence-electron chi connectivity index (χ1n) is 20.9. The Bertz CT molecular complexity index is 2840. The van der Waals surface area contributed by atoms with Gasteiger partial charge in [0, 0.05) is 42.0 Å². The molecule has 0 spiro atoms. The molecule has 3 aromatic carbocycles. The number of likely N-dealkylation sites (tertiary alicyclic amines) is 1. The fourth-order valence-corrected chi connectivity index (χ4v) is 11.0. The number of hydrogen-bond acceptors (Lipinski definition) is 9. The van der Waals surface area contributed by atoms with E-state index in [1.54, 1.807) is 33.8 Å². The summed E-state index contributed by atoms with van der Waals surface area (Å²) in [5.41, 5.74) is 8.75. The smallest absolute Gasteiger partial charge is 0.407 e. The van der Waals surface area contributed by atoms with Crippen LogP contribution in [0.15, 0.2) is 102 Å². The lowest BCUT2D eigenvalue weighted by molar-refractivity contribution is -0.135. The lowest BCUT2D eigenvalue weighted by Crippen LogP contribution is -2.51. The summed E-state index contributed by atoms with van der Waals surface area (Å²) in [4.78, 5) is 72.2. The van der Waals surface area contributed by atoms with Crippen LogP contribution in [0.1, 0.15) is 62.0 Å². The molecule has 2 aliphatic heterocycles. The van der Waals surface area contributed by atoms with Gasteiger partial charge in [-0.25, -0.2) is 19.6 Å². The van der Waals surface area contributed by atoms with Gasteiger partial charge in [-0.05, 0) is 53.1 Å². The summed E-state index contributed by atoms with van der Waals surface area (Å²) in [7, 11) is 2.82. The molecule has 0 saturated carbocycles. The number of carbonyl (C=O) groups excluding carboxylic acids is 4. The van der Waals surface area contributed by atoms with Gasteiger partial charge < -0.3 is 40.5 Å². The molecular weight excluding hydrogens is 835 g/mol. The molecule has 16 heteroatoms. The van der Waals surface area contributed by atoms with Crippen molar-refractivity contribution in [2.45, 2.75) is 50.9 Å². The number of nitrogens with one attached hydrogen (secondary N) is 5. The minimum atomic E-state index is -0.858. The normalized spacial score (nSPS) is 17.1. The van der Waals surface area contributed by atoms with Crippen LogP contribution in [0.4, 0.5) is 9.59 Å². The largest absolute Gasteiger partial charge is 0.453 e. The highest BCUT2D eigenvalue weighted by Crippen LogP contribution is 2.45. The molecule has 9 rings (SSSR count). The molecule has 0 radical (unpaired) electrons. The molecule has 6 heterocycles.